The number of thiophene rings is 1. The fraction of sp³-hybridized carbons (Fsp3) is 0.379. The summed E-state index contributed by atoms with van der Waals surface area (Å²) in [5, 5.41) is 7.95. The molecule has 3 heterocycles. The van der Waals surface area contributed by atoms with Gasteiger partial charge in [-0.2, -0.15) is 0 Å². The first-order valence-corrected chi connectivity index (χ1v) is 15.8. The summed E-state index contributed by atoms with van der Waals surface area (Å²) in [6.45, 7) is 3.17. The summed E-state index contributed by atoms with van der Waals surface area (Å²) in [7, 11) is -1.11. The molecule has 208 valence electrons. The van der Waals surface area contributed by atoms with Crippen molar-refractivity contribution in [1.29, 1.82) is 0 Å². The summed E-state index contributed by atoms with van der Waals surface area (Å²) in [5.41, 5.74) is 3.36. The average Bonchev–Trinajstić information content (AvgIpc) is 3.48. The van der Waals surface area contributed by atoms with Crippen molar-refractivity contribution in [1.82, 2.24) is 9.47 Å². The van der Waals surface area contributed by atoms with Gasteiger partial charge in [-0.15, -0.1) is 11.3 Å². The highest BCUT2D eigenvalue weighted by molar-refractivity contribution is 7.90. The highest BCUT2D eigenvalue weighted by Gasteiger charge is 2.26. The molecule has 0 radical (unpaired) electrons. The number of halogens is 2. The van der Waals surface area contributed by atoms with E-state index >= 15 is 0 Å². The van der Waals surface area contributed by atoms with Gasteiger partial charge in [-0.25, -0.2) is 17.2 Å². The molecule has 0 spiro atoms. The highest BCUT2D eigenvalue weighted by Crippen LogP contribution is 2.38. The molecule has 0 bridgehead atoms. The molecule has 6 nitrogen and oxygen atoms in total. The quantitative estimate of drug-likeness (QED) is 0.238. The van der Waals surface area contributed by atoms with Crippen LogP contribution in [0.25, 0.3) is 21.5 Å². The molecule has 4 aromatic rings. The number of nitrogens with one attached hydrogen (secondary N) is 2. The van der Waals surface area contributed by atoms with Crippen LogP contribution in [-0.4, -0.2) is 56.2 Å². The van der Waals surface area contributed by atoms with Crippen molar-refractivity contribution in [3.05, 3.63) is 65.5 Å². The Morgan fingerprint density at radius 2 is 1.77 bits per heavy atom. The van der Waals surface area contributed by atoms with E-state index < -0.39 is 22.3 Å². The maximum absolute atomic E-state index is 14.3. The first-order valence-electron chi connectivity index (χ1n) is 13.0. The lowest BCUT2D eigenvalue weighted by Crippen LogP contribution is -2.36. The minimum atomic E-state index is -3.24. The van der Waals surface area contributed by atoms with E-state index in [4.69, 9.17) is 0 Å². The first-order chi connectivity index (χ1) is 18.5. The maximum Gasteiger partial charge on any atom is 0.262 e. The number of rotatable bonds is 9. The molecule has 10 heteroatoms. The summed E-state index contributed by atoms with van der Waals surface area (Å²) < 4.78 is 53.8. The van der Waals surface area contributed by atoms with E-state index in [-0.39, 0.29) is 4.90 Å². The van der Waals surface area contributed by atoms with Gasteiger partial charge in [0, 0.05) is 47.4 Å². The second kappa shape index (κ2) is 10.9. The Hall–Kier alpha value is -2.95. The van der Waals surface area contributed by atoms with Gasteiger partial charge in [0.15, 0.2) is 9.84 Å². The lowest BCUT2D eigenvalue weighted by Gasteiger charge is -2.30. The van der Waals surface area contributed by atoms with Gasteiger partial charge in [0.2, 0.25) is 0 Å². The number of sulfone groups is 1. The minimum absolute atomic E-state index is 0.275. The molecule has 1 saturated heterocycles. The molecule has 0 unspecified atom stereocenters. The SMILES string of the molecule is CN1CCC(Nc2cccc3c2cc(-c2ccc(CNc4ccc(S(C)(=O)=O)cc4)s2)n3CC(C)(F)F)CC1. The van der Waals surface area contributed by atoms with Gasteiger partial charge in [0.25, 0.3) is 5.92 Å². The summed E-state index contributed by atoms with van der Waals surface area (Å²) in [4.78, 5) is 4.56. The molecule has 1 aliphatic rings. The average molecular weight is 573 g/mol. The number of nitrogens with zero attached hydrogens (tertiary/aromatic N) is 2. The molecule has 1 fully saturated rings. The van der Waals surface area contributed by atoms with E-state index in [1.165, 1.54) is 6.26 Å². The van der Waals surface area contributed by atoms with Crippen molar-refractivity contribution in [2.45, 2.75) is 49.7 Å². The van der Waals surface area contributed by atoms with Crippen molar-refractivity contribution in [2.75, 3.05) is 37.0 Å². The molecular formula is C29H34F2N4O2S2. The predicted octanol–water partition coefficient (Wildman–Crippen LogP) is 6.55. The second-order valence-electron chi connectivity index (χ2n) is 10.6. The molecule has 2 N–H and O–H groups in total. The van der Waals surface area contributed by atoms with Crippen LogP contribution in [0.1, 0.15) is 24.6 Å². The zero-order valence-corrected chi connectivity index (χ0v) is 24.0. The number of likely N-dealkylation sites (tertiary alicyclic amines) is 1. The predicted molar refractivity (Wildman–Crippen MR) is 157 cm³/mol. The molecule has 0 amide bonds. The van der Waals surface area contributed by atoms with Crippen LogP contribution in [0.15, 0.2) is 65.6 Å². The van der Waals surface area contributed by atoms with Crippen molar-refractivity contribution in [2.24, 2.45) is 0 Å². The third-order valence-corrected chi connectivity index (χ3v) is 9.36. The van der Waals surface area contributed by atoms with Gasteiger partial charge < -0.3 is 20.1 Å². The third kappa shape index (κ3) is 6.62. The van der Waals surface area contributed by atoms with Crippen molar-refractivity contribution >= 4 is 43.5 Å². The van der Waals surface area contributed by atoms with Crippen LogP contribution in [0.4, 0.5) is 20.2 Å². The number of aromatic nitrogens is 1. The fourth-order valence-corrected chi connectivity index (χ4v) is 6.66. The van der Waals surface area contributed by atoms with Crippen LogP contribution < -0.4 is 10.6 Å². The van der Waals surface area contributed by atoms with Gasteiger partial charge in [0.05, 0.1) is 27.5 Å². The van der Waals surface area contributed by atoms with Gasteiger partial charge in [-0.3, -0.25) is 0 Å². The topological polar surface area (TPSA) is 66.4 Å². The Labute approximate surface area is 232 Å². The summed E-state index contributed by atoms with van der Waals surface area (Å²) in [6, 6.07) is 18.9. The van der Waals surface area contributed by atoms with E-state index in [1.54, 1.807) is 40.2 Å². The summed E-state index contributed by atoms with van der Waals surface area (Å²) >= 11 is 1.56. The zero-order valence-electron chi connectivity index (χ0n) is 22.4. The van der Waals surface area contributed by atoms with Crippen LogP contribution in [0.3, 0.4) is 0 Å². The van der Waals surface area contributed by atoms with Crippen molar-refractivity contribution < 1.29 is 17.2 Å². The van der Waals surface area contributed by atoms with Gasteiger partial charge in [-0.05, 0) is 87.6 Å². The zero-order chi connectivity index (χ0) is 27.8. The molecule has 0 saturated carbocycles. The molecule has 0 aliphatic carbocycles. The smallest absolute Gasteiger partial charge is 0.262 e. The van der Waals surface area contributed by atoms with E-state index in [0.717, 1.165) is 70.6 Å². The number of fused-ring (bicyclic) bond motifs is 1. The van der Waals surface area contributed by atoms with Crippen LogP contribution in [0, 0.1) is 0 Å². The highest BCUT2D eigenvalue weighted by atomic mass is 32.2. The monoisotopic (exact) mass is 572 g/mol. The molecule has 2 aromatic heterocycles. The maximum atomic E-state index is 14.3. The first kappa shape index (κ1) is 27.6. The second-order valence-corrected chi connectivity index (χ2v) is 13.7. The molecular weight excluding hydrogens is 538 g/mol. The molecule has 39 heavy (non-hydrogen) atoms. The largest absolute Gasteiger partial charge is 0.382 e. The van der Waals surface area contributed by atoms with Crippen LogP contribution in [-0.2, 0) is 22.9 Å². The van der Waals surface area contributed by atoms with Gasteiger partial charge in [-0.1, -0.05) is 6.07 Å². The van der Waals surface area contributed by atoms with Crippen molar-refractivity contribution in [3.8, 4) is 10.6 Å². The van der Waals surface area contributed by atoms with Crippen LogP contribution in [0.2, 0.25) is 0 Å². The van der Waals surface area contributed by atoms with Gasteiger partial charge in [0.1, 0.15) is 0 Å². The Morgan fingerprint density at radius 3 is 2.44 bits per heavy atom. The Balaban J connectivity index is 1.41. The molecule has 2 aromatic carbocycles. The normalized spacial score (nSPS) is 15.6. The molecule has 0 atom stereocenters. The van der Waals surface area contributed by atoms with Gasteiger partial charge >= 0.3 is 0 Å². The number of benzene rings is 2. The minimum Gasteiger partial charge on any atom is -0.382 e. The summed E-state index contributed by atoms with van der Waals surface area (Å²) in [6.07, 6.45) is 3.28. The number of hydrogen-bond acceptors (Lipinski definition) is 6. The third-order valence-electron chi connectivity index (χ3n) is 7.12. The van der Waals surface area contributed by atoms with E-state index in [9.17, 15) is 17.2 Å². The Kier molecular flexibility index (Phi) is 7.72. The number of piperidine rings is 1. The Morgan fingerprint density at radius 1 is 1.05 bits per heavy atom. The Bertz CT molecular complexity index is 1550. The van der Waals surface area contributed by atoms with E-state index in [2.05, 4.69) is 22.6 Å². The molecule has 1 aliphatic heterocycles. The van der Waals surface area contributed by atoms with E-state index in [1.807, 2.05) is 36.4 Å². The number of anilines is 2. The standard InChI is InChI=1S/C29H34F2N4O2S2/c1-29(30,31)19-35-26-6-4-5-25(33-21-13-15-34(2)16-14-21)24(26)17-27(35)28-12-9-22(38-28)18-32-20-7-10-23(11-8-20)39(3,36)37/h4-12,17,21,32-33H,13-16,18-19H2,1-3H3. The number of hydrogen-bond donors (Lipinski definition) is 2. The van der Waals surface area contributed by atoms with Crippen LogP contribution in [0.5, 0.6) is 0 Å². The fourth-order valence-electron chi connectivity index (χ4n) is 5.06. The molecule has 5 rings (SSSR count). The lowest BCUT2D eigenvalue weighted by molar-refractivity contribution is 0.00551. The van der Waals surface area contributed by atoms with Crippen molar-refractivity contribution in [3.63, 3.8) is 0 Å². The number of alkyl halides is 2. The van der Waals surface area contributed by atoms with Crippen LogP contribution >= 0.6 is 11.3 Å². The summed E-state index contributed by atoms with van der Waals surface area (Å²) in [5.74, 6) is -2.86. The lowest BCUT2D eigenvalue weighted by atomic mass is 10.0. The van der Waals surface area contributed by atoms with E-state index in [0.29, 0.717) is 12.6 Å².